The van der Waals surface area contributed by atoms with Gasteiger partial charge in [-0.05, 0) is 42.0 Å². The van der Waals surface area contributed by atoms with Crippen LogP contribution in [0.1, 0.15) is 11.1 Å². The number of aromatic nitrogens is 3. The van der Waals surface area contributed by atoms with Gasteiger partial charge in [0.05, 0.1) is 10.6 Å². The number of nitrogens with one attached hydrogen (secondary N) is 2. The maximum absolute atomic E-state index is 15.3. The van der Waals surface area contributed by atoms with E-state index in [0.29, 0.717) is 16.6 Å². The molecule has 3 heterocycles. The Morgan fingerprint density at radius 2 is 1.76 bits per heavy atom. The Bertz CT molecular complexity index is 1590. The van der Waals surface area contributed by atoms with E-state index in [-0.39, 0.29) is 22.6 Å². The minimum atomic E-state index is -4.03. The molecule has 0 aliphatic rings. The number of pyridine rings is 2. The van der Waals surface area contributed by atoms with E-state index in [1.807, 2.05) is 18.2 Å². The second-order valence-corrected chi connectivity index (χ2v) is 9.34. The number of aromatic amines is 1. The first-order valence-corrected chi connectivity index (χ1v) is 11.8. The average Bonchev–Trinajstić information content (AvgIpc) is 3.26. The van der Waals surface area contributed by atoms with Crippen LogP contribution in [-0.4, -0.2) is 23.4 Å². The zero-order valence-corrected chi connectivity index (χ0v) is 18.5. The fraction of sp³-hybridized carbons (Fsp3) is 0.0400. The summed E-state index contributed by atoms with van der Waals surface area (Å²) in [6, 6.07) is 15.3. The summed E-state index contributed by atoms with van der Waals surface area (Å²) in [6.07, 6.45) is 6.61. The number of halogens is 2. The number of fused-ring (bicyclic) bond motifs is 1. The summed E-state index contributed by atoms with van der Waals surface area (Å²) in [7, 11) is -4.03. The topological polar surface area (TPSA) is 87.7 Å². The molecule has 5 aromatic rings. The highest BCUT2D eigenvalue weighted by Gasteiger charge is 2.21. The monoisotopic (exact) mass is 476 g/mol. The summed E-state index contributed by atoms with van der Waals surface area (Å²) in [5.74, 6) is -1.74. The Labute approximate surface area is 194 Å². The van der Waals surface area contributed by atoms with Gasteiger partial charge < -0.3 is 4.98 Å². The summed E-state index contributed by atoms with van der Waals surface area (Å²) in [6.45, 7) is 0. The van der Waals surface area contributed by atoms with Crippen LogP contribution < -0.4 is 4.72 Å². The normalized spacial score (nSPS) is 11.6. The van der Waals surface area contributed by atoms with E-state index in [4.69, 9.17) is 0 Å². The van der Waals surface area contributed by atoms with Crippen LogP contribution in [0.2, 0.25) is 0 Å². The van der Waals surface area contributed by atoms with Gasteiger partial charge in [0.1, 0.15) is 11.5 Å². The molecule has 170 valence electrons. The lowest BCUT2D eigenvalue weighted by atomic mass is 10.0. The fourth-order valence-electron chi connectivity index (χ4n) is 3.73. The molecule has 6 nitrogen and oxygen atoms in total. The van der Waals surface area contributed by atoms with Crippen molar-refractivity contribution in [2.45, 2.75) is 11.3 Å². The van der Waals surface area contributed by atoms with E-state index in [1.54, 1.807) is 43.0 Å². The molecule has 0 unspecified atom stereocenters. The molecule has 0 atom stereocenters. The summed E-state index contributed by atoms with van der Waals surface area (Å²) in [5.41, 5.74) is 2.29. The molecule has 3 aromatic heterocycles. The molecule has 0 bridgehead atoms. The van der Waals surface area contributed by atoms with Gasteiger partial charge in [0.2, 0.25) is 0 Å². The average molecular weight is 477 g/mol. The van der Waals surface area contributed by atoms with Gasteiger partial charge in [0, 0.05) is 53.3 Å². The third kappa shape index (κ3) is 4.13. The first-order chi connectivity index (χ1) is 16.4. The molecule has 0 saturated carbocycles. The molecule has 2 N–H and O–H groups in total. The molecule has 0 fully saturated rings. The van der Waals surface area contributed by atoms with Crippen molar-refractivity contribution in [3.63, 3.8) is 0 Å². The lowest BCUT2D eigenvalue weighted by molar-refractivity contribution is 0.563. The van der Waals surface area contributed by atoms with Crippen LogP contribution in [0.5, 0.6) is 0 Å². The predicted molar refractivity (Wildman–Crippen MR) is 126 cm³/mol. The lowest BCUT2D eigenvalue weighted by Gasteiger charge is -2.12. The number of anilines is 1. The van der Waals surface area contributed by atoms with Crippen molar-refractivity contribution in [2.75, 3.05) is 4.72 Å². The molecule has 0 saturated heterocycles. The summed E-state index contributed by atoms with van der Waals surface area (Å²) < 4.78 is 57.5. The van der Waals surface area contributed by atoms with Gasteiger partial charge in [-0.3, -0.25) is 9.71 Å². The molecule has 2 aromatic carbocycles. The minimum Gasteiger partial charge on any atom is -0.346 e. The van der Waals surface area contributed by atoms with E-state index in [0.717, 1.165) is 23.3 Å². The second-order valence-electron chi connectivity index (χ2n) is 7.66. The van der Waals surface area contributed by atoms with Crippen molar-refractivity contribution in [3.05, 3.63) is 108 Å². The summed E-state index contributed by atoms with van der Waals surface area (Å²) in [4.78, 5) is 11.5. The third-order valence-corrected chi connectivity index (χ3v) is 6.84. The summed E-state index contributed by atoms with van der Waals surface area (Å²) >= 11 is 0. The molecule has 9 heteroatoms. The number of H-pyrrole nitrogens is 1. The van der Waals surface area contributed by atoms with Crippen LogP contribution in [0.15, 0.2) is 90.3 Å². The Kier molecular flexibility index (Phi) is 5.54. The molecule has 0 spiro atoms. The van der Waals surface area contributed by atoms with Crippen molar-refractivity contribution < 1.29 is 17.2 Å². The van der Waals surface area contributed by atoms with Crippen molar-refractivity contribution >= 4 is 26.7 Å². The van der Waals surface area contributed by atoms with E-state index in [2.05, 4.69) is 19.7 Å². The zero-order chi connectivity index (χ0) is 23.7. The quantitative estimate of drug-likeness (QED) is 0.348. The van der Waals surface area contributed by atoms with E-state index >= 15 is 4.39 Å². The Morgan fingerprint density at radius 3 is 2.53 bits per heavy atom. The Morgan fingerprint density at radius 1 is 0.941 bits per heavy atom. The van der Waals surface area contributed by atoms with Crippen molar-refractivity contribution in [1.29, 1.82) is 0 Å². The predicted octanol–water partition coefficient (Wildman–Crippen LogP) is 5.29. The van der Waals surface area contributed by atoms with E-state index < -0.39 is 21.7 Å². The lowest BCUT2D eigenvalue weighted by Crippen LogP contribution is -2.15. The van der Waals surface area contributed by atoms with Gasteiger partial charge in [-0.25, -0.2) is 22.2 Å². The van der Waals surface area contributed by atoms with Crippen LogP contribution in [0.25, 0.3) is 22.2 Å². The molecular formula is C25H18F2N4O2S. The Balaban J connectivity index is 1.50. The third-order valence-electron chi connectivity index (χ3n) is 5.46. The highest BCUT2D eigenvalue weighted by Crippen LogP contribution is 2.29. The maximum atomic E-state index is 15.3. The van der Waals surface area contributed by atoms with Gasteiger partial charge in [0.25, 0.3) is 10.0 Å². The molecule has 5 rings (SSSR count). The van der Waals surface area contributed by atoms with Crippen molar-refractivity contribution in [1.82, 2.24) is 15.0 Å². The molecule has 0 amide bonds. The van der Waals surface area contributed by atoms with Gasteiger partial charge in [0.15, 0.2) is 5.82 Å². The van der Waals surface area contributed by atoms with Crippen LogP contribution in [0, 0.1) is 11.6 Å². The first kappa shape index (κ1) is 21.7. The van der Waals surface area contributed by atoms with Crippen molar-refractivity contribution in [3.8, 4) is 11.1 Å². The molecule has 0 aliphatic carbocycles. The van der Waals surface area contributed by atoms with Gasteiger partial charge in [-0.1, -0.05) is 24.3 Å². The molecule has 0 aliphatic heterocycles. The largest absolute Gasteiger partial charge is 0.346 e. The van der Waals surface area contributed by atoms with Gasteiger partial charge in [-0.15, -0.1) is 0 Å². The number of hydrogen-bond donors (Lipinski definition) is 2. The number of sulfonamides is 1. The van der Waals surface area contributed by atoms with Gasteiger partial charge >= 0.3 is 0 Å². The number of nitrogens with zero attached hydrogens (tertiary/aromatic N) is 2. The smallest absolute Gasteiger partial charge is 0.261 e. The van der Waals surface area contributed by atoms with Crippen LogP contribution in [0.3, 0.4) is 0 Å². The highest BCUT2D eigenvalue weighted by atomic mass is 32.2. The standard InChI is InChI=1S/C25H18F2N4O2S/c26-22-8-9-23(31-34(32,33)19-6-2-1-3-7-19)24(27)21(22)12-18-15-30-25-20(18)11-17(14-29-25)16-5-4-10-28-13-16/h1-11,13-15,31H,12H2,(H,29,30). The maximum Gasteiger partial charge on any atom is 0.261 e. The number of benzene rings is 2. The van der Waals surface area contributed by atoms with E-state index in [9.17, 15) is 12.8 Å². The fourth-order valence-corrected chi connectivity index (χ4v) is 4.81. The number of rotatable bonds is 6. The molecular weight excluding hydrogens is 458 g/mol. The van der Waals surface area contributed by atoms with Crippen molar-refractivity contribution in [2.24, 2.45) is 0 Å². The second kappa shape index (κ2) is 8.68. The highest BCUT2D eigenvalue weighted by molar-refractivity contribution is 7.92. The van der Waals surface area contributed by atoms with E-state index in [1.165, 1.54) is 12.1 Å². The van der Waals surface area contributed by atoms with Gasteiger partial charge in [-0.2, -0.15) is 0 Å². The SMILES string of the molecule is O=S(=O)(Nc1ccc(F)c(Cc2c[nH]c3ncc(-c4cccnc4)cc23)c1F)c1ccccc1. The van der Waals surface area contributed by atoms with Crippen LogP contribution in [0.4, 0.5) is 14.5 Å². The van der Waals surface area contributed by atoms with Crippen LogP contribution in [-0.2, 0) is 16.4 Å². The van der Waals surface area contributed by atoms with Crippen LogP contribution >= 0.6 is 0 Å². The molecule has 34 heavy (non-hydrogen) atoms. The molecule has 0 radical (unpaired) electrons. The first-order valence-electron chi connectivity index (χ1n) is 10.3. The number of hydrogen-bond acceptors (Lipinski definition) is 4. The Hall–Kier alpha value is -4.11. The minimum absolute atomic E-state index is 0.0223. The zero-order valence-electron chi connectivity index (χ0n) is 17.7. The summed E-state index contributed by atoms with van der Waals surface area (Å²) in [5, 5.41) is 0.704.